The number of hydrogen-bond acceptors (Lipinski definition) is 11. The Hall–Kier alpha value is -1.96. The molecule has 16 heteroatoms. The quantitative estimate of drug-likeness (QED) is 0.0167. The predicted molar refractivity (Wildman–Crippen MR) is 236 cm³/mol. The van der Waals surface area contributed by atoms with Gasteiger partial charge in [0, 0.05) is 12.8 Å². The number of rotatable bonds is 41. The molecule has 0 aliphatic rings. The van der Waals surface area contributed by atoms with Gasteiger partial charge in [-0.05, 0) is 50.9 Å². The molecule has 4 atom stereocenters. The van der Waals surface area contributed by atoms with Gasteiger partial charge in [0.05, 0.1) is 25.9 Å². The van der Waals surface area contributed by atoms with Crippen LogP contribution in [0.2, 0.25) is 0 Å². The smallest absolute Gasteiger partial charge is 0.462 e. The Morgan fingerprint density at radius 2 is 1.07 bits per heavy atom. The van der Waals surface area contributed by atoms with Crippen molar-refractivity contribution in [2.45, 2.75) is 187 Å². The van der Waals surface area contributed by atoms with Crippen molar-refractivity contribution in [1.29, 1.82) is 0 Å². The number of aliphatic hydroxyl groups excluding tert-OH is 2. The monoisotopic (exact) mass is 895 g/mol. The fourth-order valence-electron chi connectivity index (χ4n) is 5.78. The van der Waals surface area contributed by atoms with Crippen molar-refractivity contribution in [3.63, 3.8) is 0 Å². The summed E-state index contributed by atoms with van der Waals surface area (Å²) in [6, 6.07) is 0. The molecule has 0 aromatic rings. The zero-order valence-corrected chi connectivity index (χ0v) is 38.6. The first-order valence-electron chi connectivity index (χ1n) is 22.3. The molecule has 0 bridgehead atoms. The van der Waals surface area contributed by atoms with Crippen LogP contribution in [0.3, 0.4) is 0 Å². The van der Waals surface area contributed by atoms with Gasteiger partial charge in [0.15, 0.2) is 6.10 Å². The summed E-state index contributed by atoms with van der Waals surface area (Å²) in [5.74, 6) is -0.333. The topological polar surface area (TPSA) is 216 Å². The average Bonchev–Trinajstić information content (AvgIpc) is 3.19. The summed E-state index contributed by atoms with van der Waals surface area (Å²) in [4.78, 5) is 52.7. The highest BCUT2D eigenvalue weighted by Gasteiger charge is 2.28. The average molecular weight is 895 g/mol. The van der Waals surface area contributed by atoms with E-state index in [9.17, 15) is 33.8 Å². The Bertz CT molecular complexity index is 1280. The molecule has 60 heavy (non-hydrogen) atoms. The second kappa shape index (κ2) is 38.7. The highest BCUT2D eigenvalue weighted by atomic mass is 31.2. The van der Waals surface area contributed by atoms with E-state index in [1.807, 2.05) is 24.3 Å². The van der Waals surface area contributed by atoms with E-state index in [0.717, 1.165) is 70.1 Å². The van der Waals surface area contributed by atoms with Crippen LogP contribution in [0.25, 0.3) is 0 Å². The van der Waals surface area contributed by atoms with Crippen molar-refractivity contribution in [1.82, 2.24) is 0 Å². The summed E-state index contributed by atoms with van der Waals surface area (Å²) in [6.07, 6.45) is 34.5. The summed E-state index contributed by atoms with van der Waals surface area (Å²) in [7, 11) is -9.70. The van der Waals surface area contributed by atoms with E-state index < -0.39 is 66.2 Å². The lowest BCUT2D eigenvalue weighted by Gasteiger charge is -2.20. The second-order valence-electron chi connectivity index (χ2n) is 15.6. The minimum atomic E-state index is -4.87. The molecule has 0 spiro atoms. The van der Waals surface area contributed by atoms with E-state index in [-0.39, 0.29) is 18.9 Å². The van der Waals surface area contributed by atoms with E-state index in [0.29, 0.717) is 19.3 Å². The lowest BCUT2D eigenvalue weighted by molar-refractivity contribution is -0.161. The normalized spacial score (nSPS) is 15.1. The minimum absolute atomic E-state index is 0.102. The van der Waals surface area contributed by atoms with Crippen molar-refractivity contribution < 1.29 is 66.7 Å². The number of ether oxygens (including phenoxy) is 2. The van der Waals surface area contributed by atoms with Crippen LogP contribution in [0.5, 0.6) is 0 Å². The van der Waals surface area contributed by atoms with Gasteiger partial charge in [-0.3, -0.25) is 23.2 Å². The molecular weight excluding hydrogens is 814 g/mol. The third-order valence-corrected chi connectivity index (χ3v) is 10.6. The molecule has 0 aromatic heterocycles. The van der Waals surface area contributed by atoms with E-state index in [1.165, 1.54) is 51.4 Å². The number of carbonyl (C=O) groups is 2. The first-order chi connectivity index (χ1) is 28.6. The van der Waals surface area contributed by atoms with Crippen molar-refractivity contribution in [2.75, 3.05) is 26.4 Å². The number of carbonyl (C=O) groups excluding carboxylic acids is 2. The largest absolute Gasteiger partial charge is 0.472 e. The zero-order valence-electron chi connectivity index (χ0n) is 36.8. The van der Waals surface area contributed by atoms with Gasteiger partial charge < -0.3 is 34.4 Å². The number of hydrogen-bond donors (Lipinski definition) is 5. The lowest BCUT2D eigenvalue weighted by atomic mass is 10.0. The first kappa shape index (κ1) is 58.0. The summed E-state index contributed by atoms with van der Waals surface area (Å²) >= 11 is 0. The summed E-state index contributed by atoms with van der Waals surface area (Å²) in [6.45, 7) is 3.85. The predicted octanol–water partition coefficient (Wildman–Crippen LogP) is 10.3. The zero-order chi connectivity index (χ0) is 44.7. The van der Waals surface area contributed by atoms with Gasteiger partial charge >= 0.3 is 27.6 Å². The van der Waals surface area contributed by atoms with Crippen molar-refractivity contribution in [2.24, 2.45) is 5.92 Å². The molecule has 0 amide bonds. The van der Waals surface area contributed by atoms with Crippen LogP contribution in [-0.2, 0) is 41.8 Å². The number of aliphatic hydroxyl groups is 2. The molecule has 0 fully saturated rings. The van der Waals surface area contributed by atoms with Crippen LogP contribution in [0, 0.1) is 5.92 Å². The van der Waals surface area contributed by atoms with Crippen LogP contribution in [0.4, 0.5) is 0 Å². The maximum absolute atomic E-state index is 12.7. The molecule has 0 rings (SSSR count). The molecule has 0 heterocycles. The second-order valence-corrected chi connectivity index (χ2v) is 18.3. The van der Waals surface area contributed by atoms with Gasteiger partial charge in [0.1, 0.15) is 12.7 Å². The van der Waals surface area contributed by atoms with Gasteiger partial charge in [-0.1, -0.05) is 159 Å². The van der Waals surface area contributed by atoms with Gasteiger partial charge in [-0.2, -0.15) is 0 Å². The van der Waals surface area contributed by atoms with Crippen LogP contribution < -0.4 is 0 Å². The number of phosphoric ester groups is 2. The fourth-order valence-corrected chi connectivity index (χ4v) is 6.93. The minimum Gasteiger partial charge on any atom is -0.462 e. The van der Waals surface area contributed by atoms with Crippen LogP contribution in [-0.4, -0.2) is 81.6 Å². The molecule has 0 aliphatic carbocycles. The lowest BCUT2D eigenvalue weighted by Crippen LogP contribution is -2.30. The van der Waals surface area contributed by atoms with E-state index >= 15 is 0 Å². The number of allylic oxidation sites excluding steroid dienone is 7. The number of esters is 2. The van der Waals surface area contributed by atoms with Crippen molar-refractivity contribution in [3.05, 3.63) is 48.6 Å². The molecule has 0 saturated heterocycles. The van der Waals surface area contributed by atoms with Crippen molar-refractivity contribution in [3.8, 4) is 0 Å². The number of unbranched alkanes of at least 4 members (excludes halogenated alkanes) is 13. The molecule has 1 unspecified atom stereocenters. The van der Waals surface area contributed by atoms with E-state index in [2.05, 4.69) is 54.1 Å². The third-order valence-electron chi connectivity index (χ3n) is 9.21. The number of phosphoric acid groups is 2. The third kappa shape index (κ3) is 42.7. The molecule has 5 N–H and O–H groups in total. The Balaban J connectivity index is 4.61. The summed E-state index contributed by atoms with van der Waals surface area (Å²) in [5.41, 5.74) is 0. The Labute approximate surface area is 361 Å². The standard InChI is InChI=1S/C44H80O14P2/c1-4-5-31-40(45)32-27-23-19-15-11-7-9-12-16-20-24-28-33-43(47)54-37-42(38-57-60(52,53)56-36-41(46)35-55-59(49,50)51)58-44(48)34-29-25-21-17-13-8-6-10-14-18-22-26-30-39(2)3/h7,9,15-16,19-20,27,32,39-42,45-46H,4-6,8,10-14,17-18,21-26,28-31,33-38H2,1-3H3,(H,52,53)(H2,49,50,51)/b9-7-,19-15-,20-16-,32-27-/t40-,41-,42+/m0/s1. The highest BCUT2D eigenvalue weighted by Crippen LogP contribution is 2.43. The van der Waals surface area contributed by atoms with Crippen LogP contribution >= 0.6 is 15.6 Å². The molecule has 0 saturated carbocycles. The molecular formula is C44H80O14P2. The van der Waals surface area contributed by atoms with Crippen molar-refractivity contribution >= 4 is 27.6 Å². The summed E-state index contributed by atoms with van der Waals surface area (Å²) < 4.78 is 47.7. The van der Waals surface area contributed by atoms with Gasteiger partial charge in [-0.25, -0.2) is 9.13 Å². The van der Waals surface area contributed by atoms with Crippen LogP contribution in [0.1, 0.15) is 168 Å². The fraction of sp³-hybridized carbons (Fsp3) is 0.773. The van der Waals surface area contributed by atoms with Crippen LogP contribution in [0.15, 0.2) is 48.6 Å². The maximum atomic E-state index is 12.7. The summed E-state index contributed by atoms with van der Waals surface area (Å²) in [5, 5.41) is 19.6. The van der Waals surface area contributed by atoms with E-state index in [4.69, 9.17) is 23.8 Å². The van der Waals surface area contributed by atoms with E-state index in [1.54, 1.807) is 0 Å². The Morgan fingerprint density at radius 1 is 0.567 bits per heavy atom. The van der Waals surface area contributed by atoms with Gasteiger partial charge in [-0.15, -0.1) is 0 Å². The molecule has 0 aromatic carbocycles. The maximum Gasteiger partial charge on any atom is 0.472 e. The first-order valence-corrected chi connectivity index (χ1v) is 25.3. The van der Waals surface area contributed by atoms with Gasteiger partial charge in [0.2, 0.25) is 0 Å². The molecule has 0 aliphatic heterocycles. The Kier molecular flexibility index (Phi) is 37.4. The highest BCUT2D eigenvalue weighted by molar-refractivity contribution is 7.47. The molecule has 350 valence electrons. The molecule has 14 nitrogen and oxygen atoms in total. The van der Waals surface area contributed by atoms with Gasteiger partial charge in [0.25, 0.3) is 0 Å². The Morgan fingerprint density at radius 3 is 1.63 bits per heavy atom. The molecule has 0 radical (unpaired) electrons. The SMILES string of the molecule is CCCC[C@H](O)/C=C\C/C=C\C/C=C\C/C=C\CCCC(=O)OC[C@H](COP(=O)(O)OC[C@@H](O)COP(=O)(O)O)OC(=O)CCCCCCCCCCCCCCC(C)C.